The van der Waals surface area contributed by atoms with Gasteiger partial charge < -0.3 is 4.57 Å². The molecule has 3 aromatic rings. The van der Waals surface area contributed by atoms with E-state index < -0.39 is 0 Å². The van der Waals surface area contributed by atoms with Crippen LogP contribution in [-0.2, 0) is 24.7 Å². The molecule has 100 valence electrons. The van der Waals surface area contributed by atoms with Gasteiger partial charge in [0.15, 0.2) is 0 Å². The maximum absolute atomic E-state index is 12.1. The highest BCUT2D eigenvalue weighted by Crippen LogP contribution is 2.17. The average molecular weight is 264 g/mol. The quantitative estimate of drug-likeness (QED) is 0.726. The van der Waals surface area contributed by atoms with Crippen LogP contribution in [-0.4, -0.2) is 15.3 Å². The van der Waals surface area contributed by atoms with Crippen LogP contribution in [0.4, 0.5) is 0 Å². The van der Waals surface area contributed by atoms with Crippen molar-refractivity contribution in [3.05, 3.63) is 66.1 Å². The zero-order valence-electron chi connectivity index (χ0n) is 11.4. The average Bonchev–Trinajstić information content (AvgIpc) is 2.81. The fourth-order valence-electron chi connectivity index (χ4n) is 2.46. The number of aryl methyl sites for hydroxylation is 1. The summed E-state index contributed by atoms with van der Waals surface area (Å²) in [4.78, 5) is 16.1. The van der Waals surface area contributed by atoms with Crippen molar-refractivity contribution in [2.75, 3.05) is 0 Å². The lowest BCUT2D eigenvalue weighted by Crippen LogP contribution is -2.06. The van der Waals surface area contributed by atoms with Crippen LogP contribution >= 0.6 is 0 Å². The number of rotatable bonds is 4. The maximum Gasteiger partial charge on any atom is 0.141 e. The lowest BCUT2D eigenvalue weighted by molar-refractivity contribution is -0.117. The Labute approximate surface area is 117 Å². The number of hydrogen-bond acceptors (Lipinski definition) is 2. The minimum atomic E-state index is 0.216. The molecule has 0 bridgehead atoms. The number of aromatic nitrogens is 2. The molecule has 0 fully saturated rings. The van der Waals surface area contributed by atoms with Gasteiger partial charge in [0.2, 0.25) is 0 Å². The molecule has 0 aliphatic heterocycles. The summed E-state index contributed by atoms with van der Waals surface area (Å²) in [6.07, 6.45) is 6.42. The lowest BCUT2D eigenvalue weighted by atomic mass is 10.0. The highest BCUT2D eigenvalue weighted by molar-refractivity contribution is 5.86. The monoisotopic (exact) mass is 264 g/mol. The maximum atomic E-state index is 12.1. The van der Waals surface area contributed by atoms with Crippen molar-refractivity contribution < 1.29 is 4.79 Å². The molecule has 0 unspecified atom stereocenters. The van der Waals surface area contributed by atoms with Crippen molar-refractivity contribution >= 4 is 16.7 Å². The Hall–Kier alpha value is -2.42. The summed E-state index contributed by atoms with van der Waals surface area (Å²) in [5.41, 5.74) is 3.23. The number of benzene rings is 1. The first kappa shape index (κ1) is 12.6. The Balaban J connectivity index is 1.74. The lowest BCUT2D eigenvalue weighted by Gasteiger charge is -2.03. The third-order valence-electron chi connectivity index (χ3n) is 3.48. The largest absolute Gasteiger partial charge is 0.351 e. The zero-order chi connectivity index (χ0) is 13.9. The fraction of sp³-hybridized carbons (Fsp3) is 0.176. The van der Waals surface area contributed by atoms with E-state index in [1.54, 1.807) is 12.4 Å². The van der Waals surface area contributed by atoms with E-state index in [1.807, 2.05) is 31.4 Å². The number of carbonyl (C=O) groups excluding carboxylic acids is 1. The zero-order valence-corrected chi connectivity index (χ0v) is 11.4. The van der Waals surface area contributed by atoms with Gasteiger partial charge in [0, 0.05) is 44.0 Å². The van der Waals surface area contributed by atoms with Gasteiger partial charge in [0.25, 0.3) is 0 Å². The van der Waals surface area contributed by atoms with Gasteiger partial charge in [-0.25, -0.2) is 0 Å². The highest BCUT2D eigenvalue weighted by Gasteiger charge is 2.07. The summed E-state index contributed by atoms with van der Waals surface area (Å²) >= 11 is 0. The Bertz CT molecular complexity index is 744. The van der Waals surface area contributed by atoms with E-state index in [2.05, 4.69) is 27.8 Å². The molecule has 3 heteroatoms. The van der Waals surface area contributed by atoms with E-state index in [0.29, 0.717) is 12.8 Å². The van der Waals surface area contributed by atoms with Gasteiger partial charge in [-0.1, -0.05) is 12.1 Å². The SMILES string of the molecule is Cn1ccc2cc(CC(=O)Cc3cccnc3)ccc21. The number of carbonyl (C=O) groups is 1. The number of Topliss-reactive ketones (excluding diaryl/α,β-unsaturated/α-hetero) is 1. The van der Waals surface area contributed by atoms with Gasteiger partial charge in [-0.05, 0) is 40.8 Å². The standard InChI is InChI=1S/C17H16N2O/c1-19-8-6-15-9-13(4-5-17(15)19)10-16(20)11-14-3-2-7-18-12-14/h2-9,12H,10-11H2,1H3. The Morgan fingerprint density at radius 2 is 2.00 bits per heavy atom. The van der Waals surface area contributed by atoms with Crippen molar-refractivity contribution in [3.63, 3.8) is 0 Å². The summed E-state index contributed by atoms with van der Waals surface area (Å²) in [6, 6.07) is 12.1. The summed E-state index contributed by atoms with van der Waals surface area (Å²) < 4.78 is 2.08. The smallest absolute Gasteiger partial charge is 0.141 e. The number of fused-ring (bicyclic) bond motifs is 1. The summed E-state index contributed by atoms with van der Waals surface area (Å²) in [5, 5.41) is 1.18. The first-order valence-corrected chi connectivity index (χ1v) is 6.67. The van der Waals surface area contributed by atoms with Gasteiger partial charge in [-0.2, -0.15) is 0 Å². The molecular formula is C17H16N2O. The Morgan fingerprint density at radius 1 is 1.15 bits per heavy atom. The molecule has 2 aromatic heterocycles. The molecule has 0 N–H and O–H groups in total. The second-order valence-corrected chi connectivity index (χ2v) is 5.07. The third kappa shape index (κ3) is 2.62. The van der Waals surface area contributed by atoms with Crippen LogP contribution in [0, 0.1) is 0 Å². The molecule has 0 spiro atoms. The van der Waals surface area contributed by atoms with Crippen LogP contribution in [0.25, 0.3) is 10.9 Å². The second kappa shape index (κ2) is 5.29. The molecule has 3 nitrogen and oxygen atoms in total. The van der Waals surface area contributed by atoms with Crippen LogP contribution in [0.3, 0.4) is 0 Å². The molecular weight excluding hydrogens is 248 g/mol. The van der Waals surface area contributed by atoms with E-state index in [1.165, 1.54) is 10.9 Å². The third-order valence-corrected chi connectivity index (χ3v) is 3.48. The minimum absolute atomic E-state index is 0.216. The molecule has 0 saturated heterocycles. The molecule has 1 aromatic carbocycles. The summed E-state index contributed by atoms with van der Waals surface area (Å²) in [5.74, 6) is 0.216. The van der Waals surface area contributed by atoms with Crippen LogP contribution in [0.2, 0.25) is 0 Å². The van der Waals surface area contributed by atoms with E-state index in [9.17, 15) is 4.79 Å². The van der Waals surface area contributed by atoms with Crippen LogP contribution in [0.5, 0.6) is 0 Å². The first-order chi connectivity index (χ1) is 9.72. The molecule has 0 amide bonds. The minimum Gasteiger partial charge on any atom is -0.351 e. The van der Waals surface area contributed by atoms with Gasteiger partial charge in [-0.15, -0.1) is 0 Å². The topological polar surface area (TPSA) is 34.9 Å². The van der Waals surface area contributed by atoms with Gasteiger partial charge >= 0.3 is 0 Å². The normalized spacial score (nSPS) is 10.8. The van der Waals surface area contributed by atoms with E-state index in [-0.39, 0.29) is 5.78 Å². The molecule has 0 radical (unpaired) electrons. The van der Waals surface area contributed by atoms with Gasteiger partial charge in [0.1, 0.15) is 5.78 Å². The highest BCUT2D eigenvalue weighted by atomic mass is 16.1. The van der Waals surface area contributed by atoms with E-state index >= 15 is 0 Å². The Morgan fingerprint density at radius 3 is 2.80 bits per heavy atom. The molecule has 3 rings (SSSR count). The van der Waals surface area contributed by atoms with E-state index in [0.717, 1.165) is 11.1 Å². The number of pyridine rings is 1. The molecule has 0 atom stereocenters. The van der Waals surface area contributed by atoms with Crippen molar-refractivity contribution in [2.45, 2.75) is 12.8 Å². The predicted molar refractivity (Wildman–Crippen MR) is 79.6 cm³/mol. The second-order valence-electron chi connectivity index (χ2n) is 5.07. The van der Waals surface area contributed by atoms with Crippen molar-refractivity contribution in [1.29, 1.82) is 0 Å². The Kier molecular flexibility index (Phi) is 3.33. The molecule has 0 aliphatic rings. The van der Waals surface area contributed by atoms with Gasteiger partial charge in [-0.3, -0.25) is 9.78 Å². The van der Waals surface area contributed by atoms with Crippen LogP contribution < -0.4 is 0 Å². The van der Waals surface area contributed by atoms with Crippen LogP contribution in [0.15, 0.2) is 55.0 Å². The van der Waals surface area contributed by atoms with Crippen LogP contribution in [0.1, 0.15) is 11.1 Å². The number of ketones is 1. The fourth-order valence-corrected chi connectivity index (χ4v) is 2.46. The van der Waals surface area contributed by atoms with Crippen molar-refractivity contribution in [3.8, 4) is 0 Å². The predicted octanol–water partition coefficient (Wildman–Crippen LogP) is 2.93. The first-order valence-electron chi connectivity index (χ1n) is 6.67. The van der Waals surface area contributed by atoms with Crippen molar-refractivity contribution in [2.24, 2.45) is 7.05 Å². The van der Waals surface area contributed by atoms with E-state index in [4.69, 9.17) is 0 Å². The molecule has 2 heterocycles. The summed E-state index contributed by atoms with van der Waals surface area (Å²) in [6.45, 7) is 0. The number of nitrogens with zero attached hydrogens (tertiary/aromatic N) is 2. The molecule has 0 saturated carbocycles. The molecule has 0 aliphatic carbocycles. The van der Waals surface area contributed by atoms with Gasteiger partial charge in [0.05, 0.1) is 0 Å². The summed E-state index contributed by atoms with van der Waals surface area (Å²) in [7, 11) is 2.02. The molecule has 20 heavy (non-hydrogen) atoms. The number of hydrogen-bond donors (Lipinski definition) is 0. The van der Waals surface area contributed by atoms with Crippen molar-refractivity contribution in [1.82, 2.24) is 9.55 Å².